The second-order valence-electron chi connectivity index (χ2n) is 7.23. The van der Waals surface area contributed by atoms with Crippen LogP contribution in [0.5, 0.6) is 0 Å². The van der Waals surface area contributed by atoms with Crippen LogP contribution in [0.1, 0.15) is 33.3 Å². The van der Waals surface area contributed by atoms with Crippen molar-refractivity contribution in [3.63, 3.8) is 0 Å². The third kappa shape index (κ3) is 1.95. The van der Waals surface area contributed by atoms with E-state index in [0.717, 1.165) is 22.0 Å². The second kappa shape index (κ2) is 5.00. The van der Waals surface area contributed by atoms with E-state index in [0.29, 0.717) is 11.8 Å². The summed E-state index contributed by atoms with van der Waals surface area (Å²) >= 11 is 0. The van der Waals surface area contributed by atoms with Crippen molar-refractivity contribution in [2.45, 2.75) is 46.3 Å². The fraction of sp³-hybridized carbons (Fsp3) is 0.350. The Balaban J connectivity index is 1.97. The number of benzene rings is 1. The maximum Gasteiger partial charge on any atom is 0.227 e. The number of pyridine rings is 1. The minimum Gasteiger partial charge on any atom is -0.435 e. The zero-order chi connectivity index (χ0) is 17.1. The van der Waals surface area contributed by atoms with Crippen LogP contribution in [0, 0.1) is 6.92 Å². The van der Waals surface area contributed by atoms with Crippen molar-refractivity contribution >= 4 is 27.8 Å². The summed E-state index contributed by atoms with van der Waals surface area (Å²) in [6.07, 6.45) is 6.10. The first kappa shape index (κ1) is 15.1. The maximum absolute atomic E-state index is 6.16. The van der Waals surface area contributed by atoms with Crippen molar-refractivity contribution in [2.24, 2.45) is 0 Å². The van der Waals surface area contributed by atoms with Crippen LogP contribution in [0.2, 0.25) is 0 Å². The van der Waals surface area contributed by atoms with Crippen LogP contribution in [-0.2, 0) is 0 Å². The molecule has 1 aliphatic rings. The van der Waals surface area contributed by atoms with Gasteiger partial charge in [-0.25, -0.2) is 4.98 Å². The smallest absolute Gasteiger partial charge is 0.227 e. The van der Waals surface area contributed by atoms with Crippen molar-refractivity contribution in [1.29, 1.82) is 0 Å². The Morgan fingerprint density at radius 3 is 2.58 bits per heavy atom. The van der Waals surface area contributed by atoms with Gasteiger partial charge in [-0.2, -0.15) is 0 Å². The van der Waals surface area contributed by atoms with E-state index >= 15 is 0 Å². The molecule has 1 aromatic carbocycles. The summed E-state index contributed by atoms with van der Waals surface area (Å²) in [5, 5.41) is 2.18. The van der Waals surface area contributed by atoms with E-state index in [9.17, 15) is 0 Å². The molecule has 24 heavy (non-hydrogen) atoms. The lowest BCUT2D eigenvalue weighted by molar-refractivity contribution is 0.170. The quantitative estimate of drug-likeness (QED) is 0.663. The van der Waals surface area contributed by atoms with Crippen molar-refractivity contribution in [3.8, 4) is 0 Å². The lowest BCUT2D eigenvalue weighted by Crippen LogP contribution is -2.51. The Hall–Kier alpha value is -2.49. The zero-order valence-electron chi connectivity index (χ0n) is 14.9. The third-order valence-electron chi connectivity index (χ3n) is 4.99. The molecule has 0 saturated carbocycles. The Morgan fingerprint density at radius 1 is 1.08 bits per heavy atom. The lowest BCUT2D eigenvalue weighted by Gasteiger charge is -2.42. The summed E-state index contributed by atoms with van der Waals surface area (Å²) in [6.45, 7) is 11.1. The Labute approximate surface area is 142 Å². The van der Waals surface area contributed by atoms with Gasteiger partial charge in [-0.15, -0.1) is 0 Å². The van der Waals surface area contributed by atoms with E-state index in [1.54, 1.807) is 6.20 Å². The normalized spacial score (nSPS) is 16.9. The van der Waals surface area contributed by atoms with Crippen LogP contribution in [0.15, 0.2) is 47.3 Å². The van der Waals surface area contributed by atoms with E-state index in [1.165, 1.54) is 5.56 Å². The highest BCUT2D eigenvalue weighted by Crippen LogP contribution is 2.42. The zero-order valence-corrected chi connectivity index (χ0v) is 14.9. The molecule has 124 valence electrons. The first-order chi connectivity index (χ1) is 11.4. The molecule has 1 aliphatic heterocycles. The predicted molar refractivity (Wildman–Crippen MR) is 98.9 cm³/mol. The first-order valence-electron chi connectivity index (χ1n) is 8.44. The molecule has 0 unspecified atom stereocenters. The monoisotopic (exact) mass is 321 g/mol. The van der Waals surface area contributed by atoms with E-state index in [2.05, 4.69) is 80.0 Å². The third-order valence-corrected chi connectivity index (χ3v) is 4.99. The van der Waals surface area contributed by atoms with E-state index in [-0.39, 0.29) is 5.66 Å². The predicted octanol–water partition coefficient (Wildman–Crippen LogP) is 5.03. The number of rotatable bonds is 2. The molecule has 3 aromatic rings. The Bertz CT molecular complexity index is 952. The van der Waals surface area contributed by atoms with Gasteiger partial charge >= 0.3 is 0 Å². The first-order valence-corrected chi connectivity index (χ1v) is 8.44. The topological polar surface area (TPSA) is 32.5 Å². The van der Waals surface area contributed by atoms with Gasteiger partial charge in [0.15, 0.2) is 5.58 Å². The maximum atomic E-state index is 6.16. The van der Waals surface area contributed by atoms with E-state index in [4.69, 9.17) is 4.42 Å². The molecule has 0 bridgehead atoms. The molecule has 4 rings (SSSR count). The number of hydrogen-bond acceptors (Lipinski definition) is 4. The van der Waals surface area contributed by atoms with Gasteiger partial charge in [-0.3, -0.25) is 0 Å². The number of aryl methyl sites for hydroxylation is 1. The minimum absolute atomic E-state index is 0.153. The molecule has 4 heteroatoms. The van der Waals surface area contributed by atoms with Gasteiger partial charge in [0.2, 0.25) is 5.71 Å². The van der Waals surface area contributed by atoms with Gasteiger partial charge in [0, 0.05) is 35.4 Å². The molecule has 0 saturated heterocycles. The SMILES string of the molecule is Cc1ccc2c(oc3ncccc32)c1N1C=CN(C(C)C)C1(C)C. The second-order valence-corrected chi connectivity index (χ2v) is 7.23. The number of furan rings is 1. The van der Waals surface area contributed by atoms with Crippen LogP contribution < -0.4 is 4.90 Å². The molecule has 2 aromatic heterocycles. The highest BCUT2D eigenvalue weighted by atomic mass is 16.3. The van der Waals surface area contributed by atoms with Gasteiger partial charge in [0.1, 0.15) is 5.66 Å². The Kier molecular flexibility index (Phi) is 3.14. The van der Waals surface area contributed by atoms with Crippen molar-refractivity contribution in [3.05, 3.63) is 48.4 Å². The van der Waals surface area contributed by atoms with Crippen LogP contribution in [0.4, 0.5) is 5.69 Å². The molecular weight excluding hydrogens is 298 g/mol. The molecule has 0 fully saturated rings. The molecule has 3 heterocycles. The van der Waals surface area contributed by atoms with E-state index in [1.807, 2.05) is 6.07 Å². The Morgan fingerprint density at radius 2 is 1.88 bits per heavy atom. The summed E-state index contributed by atoms with van der Waals surface area (Å²) in [7, 11) is 0. The van der Waals surface area contributed by atoms with Crippen LogP contribution in [0.25, 0.3) is 22.1 Å². The minimum atomic E-state index is -0.153. The number of aromatic nitrogens is 1. The summed E-state index contributed by atoms with van der Waals surface area (Å²) in [5.74, 6) is 0. The molecule has 0 spiro atoms. The highest BCUT2D eigenvalue weighted by molar-refractivity contribution is 6.08. The summed E-state index contributed by atoms with van der Waals surface area (Å²) in [6, 6.07) is 8.75. The van der Waals surface area contributed by atoms with Gasteiger partial charge in [0.25, 0.3) is 0 Å². The molecule has 0 aliphatic carbocycles. The number of hydrogen-bond donors (Lipinski definition) is 0. The van der Waals surface area contributed by atoms with Crippen molar-refractivity contribution < 1.29 is 4.42 Å². The van der Waals surface area contributed by atoms with Gasteiger partial charge in [-0.05, 0) is 52.3 Å². The molecule has 4 nitrogen and oxygen atoms in total. The standard InChI is InChI=1S/C20H23N3O/c1-13(2)22-11-12-23(20(22,4)5)17-14(3)8-9-15-16-7-6-10-21-19(16)24-18(15)17/h6-13H,1-5H3. The lowest BCUT2D eigenvalue weighted by atomic mass is 10.1. The average molecular weight is 321 g/mol. The number of anilines is 1. The van der Waals surface area contributed by atoms with Crippen molar-refractivity contribution in [1.82, 2.24) is 9.88 Å². The van der Waals surface area contributed by atoms with Crippen LogP contribution >= 0.6 is 0 Å². The fourth-order valence-electron chi connectivity index (χ4n) is 3.84. The van der Waals surface area contributed by atoms with Gasteiger partial charge in [-0.1, -0.05) is 12.1 Å². The summed E-state index contributed by atoms with van der Waals surface area (Å²) < 4.78 is 6.16. The molecule has 0 radical (unpaired) electrons. The molecule has 0 amide bonds. The van der Waals surface area contributed by atoms with E-state index < -0.39 is 0 Å². The number of fused-ring (bicyclic) bond motifs is 3. The molecule has 0 atom stereocenters. The summed E-state index contributed by atoms with van der Waals surface area (Å²) in [5.41, 5.74) is 3.77. The largest absolute Gasteiger partial charge is 0.435 e. The fourth-order valence-corrected chi connectivity index (χ4v) is 3.84. The molecule has 0 N–H and O–H groups in total. The van der Waals surface area contributed by atoms with Gasteiger partial charge < -0.3 is 14.2 Å². The van der Waals surface area contributed by atoms with Crippen LogP contribution in [-0.4, -0.2) is 21.6 Å². The summed E-state index contributed by atoms with van der Waals surface area (Å²) in [4.78, 5) is 9.06. The van der Waals surface area contributed by atoms with Gasteiger partial charge in [0.05, 0.1) is 5.69 Å². The number of nitrogens with zero attached hydrogens (tertiary/aromatic N) is 3. The van der Waals surface area contributed by atoms with Crippen molar-refractivity contribution in [2.75, 3.05) is 4.90 Å². The van der Waals surface area contributed by atoms with Crippen LogP contribution in [0.3, 0.4) is 0 Å². The molecular formula is C20H23N3O. The highest BCUT2D eigenvalue weighted by Gasteiger charge is 2.38. The average Bonchev–Trinajstić information content (AvgIpc) is 3.04.